The summed E-state index contributed by atoms with van der Waals surface area (Å²) < 4.78 is 1.34. The zero-order chi connectivity index (χ0) is 18.5. The van der Waals surface area contributed by atoms with Gasteiger partial charge in [-0.1, -0.05) is 12.1 Å². The molecule has 0 unspecified atom stereocenters. The summed E-state index contributed by atoms with van der Waals surface area (Å²) in [6, 6.07) is 13.3. The monoisotopic (exact) mass is 345 g/mol. The highest BCUT2D eigenvalue weighted by Gasteiger charge is 2.10. The molecular formula is C19H15N5O2. The number of nitrogens with one attached hydrogen (secondary N) is 1. The fourth-order valence-electron chi connectivity index (χ4n) is 2.36. The third kappa shape index (κ3) is 3.65. The molecule has 0 spiro atoms. The van der Waals surface area contributed by atoms with Gasteiger partial charge in [0.2, 0.25) is 5.95 Å². The number of carbonyl (C=O) groups excluding carboxylic acids is 1. The number of carbonyl (C=O) groups is 1. The van der Waals surface area contributed by atoms with Crippen LogP contribution in [0.15, 0.2) is 59.7 Å². The number of nitrogens with zero attached hydrogens (tertiary/aromatic N) is 4. The molecule has 0 radical (unpaired) electrons. The van der Waals surface area contributed by atoms with Crippen molar-refractivity contribution < 1.29 is 4.79 Å². The number of nitriles is 1. The maximum Gasteiger partial charge on any atom is 0.255 e. The minimum atomic E-state index is -0.236. The zero-order valence-electron chi connectivity index (χ0n) is 14.0. The van der Waals surface area contributed by atoms with Gasteiger partial charge in [-0.05, 0) is 24.3 Å². The topological polar surface area (TPSA) is 101 Å². The van der Waals surface area contributed by atoms with Crippen LogP contribution in [-0.2, 0) is 7.05 Å². The second-order valence-electron chi connectivity index (χ2n) is 5.56. The fraction of sp³-hybridized carbons (Fsp3) is 0.105. The van der Waals surface area contributed by atoms with E-state index in [-0.39, 0.29) is 17.9 Å². The summed E-state index contributed by atoms with van der Waals surface area (Å²) in [6.45, 7) is -0.0218. The van der Waals surface area contributed by atoms with E-state index in [1.807, 2.05) is 6.07 Å². The van der Waals surface area contributed by atoms with Crippen molar-refractivity contribution in [3.8, 4) is 17.3 Å². The Morgan fingerprint density at radius 1 is 1.19 bits per heavy atom. The van der Waals surface area contributed by atoms with E-state index in [1.54, 1.807) is 55.8 Å². The Morgan fingerprint density at radius 2 is 1.88 bits per heavy atom. The predicted octanol–water partition coefficient (Wildman–Crippen LogP) is 2.01. The number of Topliss-reactive ketones (excluding diaryl/α,β-unsaturated/α-hetero) is 1. The lowest BCUT2D eigenvalue weighted by molar-refractivity contribution is 0.101. The first-order valence-corrected chi connectivity index (χ1v) is 7.84. The highest BCUT2D eigenvalue weighted by Crippen LogP contribution is 2.15. The maximum atomic E-state index is 12.3. The third-order valence-electron chi connectivity index (χ3n) is 3.85. The van der Waals surface area contributed by atoms with Gasteiger partial charge >= 0.3 is 0 Å². The molecule has 0 aliphatic rings. The number of rotatable bonds is 5. The van der Waals surface area contributed by atoms with E-state index in [1.165, 1.54) is 10.6 Å². The molecule has 0 aliphatic carbocycles. The number of pyridine rings is 1. The van der Waals surface area contributed by atoms with E-state index < -0.39 is 0 Å². The summed E-state index contributed by atoms with van der Waals surface area (Å²) in [5, 5.41) is 11.7. The number of hydrogen-bond donors (Lipinski definition) is 1. The smallest absolute Gasteiger partial charge is 0.255 e. The molecule has 0 saturated heterocycles. The van der Waals surface area contributed by atoms with Crippen molar-refractivity contribution in [3.05, 3.63) is 76.3 Å². The van der Waals surface area contributed by atoms with Crippen LogP contribution in [0.4, 0.5) is 5.95 Å². The SMILES string of the molecule is Cn1c(NCC(=O)c2ccc(C#N)cc2)nc(-c2ccncc2)cc1=O. The fourth-order valence-corrected chi connectivity index (χ4v) is 2.36. The van der Waals surface area contributed by atoms with Crippen LogP contribution in [0.3, 0.4) is 0 Å². The van der Waals surface area contributed by atoms with Crippen molar-refractivity contribution in [3.63, 3.8) is 0 Å². The van der Waals surface area contributed by atoms with Crippen molar-refractivity contribution in [1.82, 2.24) is 14.5 Å². The quantitative estimate of drug-likeness (QED) is 0.710. The van der Waals surface area contributed by atoms with Crippen LogP contribution in [0, 0.1) is 11.3 Å². The molecule has 3 rings (SSSR count). The van der Waals surface area contributed by atoms with E-state index >= 15 is 0 Å². The molecule has 0 atom stereocenters. The molecular weight excluding hydrogens is 330 g/mol. The molecule has 0 saturated carbocycles. The Balaban J connectivity index is 1.81. The number of aromatic nitrogens is 3. The minimum absolute atomic E-state index is 0.0218. The predicted molar refractivity (Wildman–Crippen MR) is 96.7 cm³/mol. The van der Waals surface area contributed by atoms with Crippen LogP contribution < -0.4 is 10.9 Å². The van der Waals surface area contributed by atoms with Crippen molar-refractivity contribution in [1.29, 1.82) is 5.26 Å². The number of anilines is 1. The van der Waals surface area contributed by atoms with Crippen LogP contribution in [-0.4, -0.2) is 26.9 Å². The first kappa shape index (κ1) is 17.0. The largest absolute Gasteiger partial charge is 0.348 e. The highest BCUT2D eigenvalue weighted by molar-refractivity contribution is 5.98. The summed E-state index contributed by atoms with van der Waals surface area (Å²) in [5.41, 5.74) is 2.00. The van der Waals surface area contributed by atoms with Gasteiger partial charge in [0.1, 0.15) is 0 Å². The lowest BCUT2D eigenvalue weighted by Gasteiger charge is -2.11. The highest BCUT2D eigenvalue weighted by atomic mass is 16.1. The first-order valence-electron chi connectivity index (χ1n) is 7.84. The van der Waals surface area contributed by atoms with E-state index in [0.29, 0.717) is 22.8 Å². The average Bonchev–Trinajstić information content (AvgIpc) is 2.69. The van der Waals surface area contributed by atoms with E-state index in [9.17, 15) is 9.59 Å². The van der Waals surface area contributed by atoms with E-state index in [0.717, 1.165) is 5.56 Å². The second-order valence-corrected chi connectivity index (χ2v) is 5.56. The first-order chi connectivity index (χ1) is 12.6. The van der Waals surface area contributed by atoms with Gasteiger partial charge in [-0.25, -0.2) is 4.98 Å². The molecule has 3 aromatic rings. The molecule has 26 heavy (non-hydrogen) atoms. The van der Waals surface area contributed by atoms with Gasteiger partial charge in [-0.15, -0.1) is 0 Å². The van der Waals surface area contributed by atoms with Crippen molar-refractivity contribution in [2.24, 2.45) is 7.05 Å². The van der Waals surface area contributed by atoms with Gasteiger partial charge in [-0.2, -0.15) is 5.26 Å². The molecule has 1 aromatic carbocycles. The van der Waals surface area contributed by atoms with Crippen molar-refractivity contribution in [2.75, 3.05) is 11.9 Å². The van der Waals surface area contributed by atoms with Crippen molar-refractivity contribution in [2.45, 2.75) is 0 Å². The second kappa shape index (κ2) is 7.40. The Morgan fingerprint density at radius 3 is 2.54 bits per heavy atom. The maximum absolute atomic E-state index is 12.3. The molecule has 0 aliphatic heterocycles. The van der Waals surface area contributed by atoms with E-state index in [4.69, 9.17) is 5.26 Å². The summed E-state index contributed by atoms with van der Waals surface area (Å²) in [5.74, 6) is 0.129. The Labute approximate surface area is 149 Å². The van der Waals surface area contributed by atoms with Crippen LogP contribution in [0.2, 0.25) is 0 Å². The Bertz CT molecular complexity index is 1030. The van der Waals surface area contributed by atoms with Crippen LogP contribution in [0.25, 0.3) is 11.3 Å². The molecule has 2 aromatic heterocycles. The summed E-state index contributed by atoms with van der Waals surface area (Å²) in [4.78, 5) is 32.8. The molecule has 7 heteroatoms. The summed E-state index contributed by atoms with van der Waals surface area (Å²) in [6.07, 6.45) is 3.24. The average molecular weight is 345 g/mol. The lowest BCUT2D eigenvalue weighted by atomic mass is 10.1. The molecule has 0 fully saturated rings. The number of benzene rings is 1. The standard InChI is InChI=1S/C19H15N5O2/c1-24-18(26)10-16(14-6-8-21-9-7-14)23-19(24)22-12-17(25)15-4-2-13(11-20)3-5-15/h2-10H,12H2,1H3,(H,22,23). The molecule has 2 heterocycles. The Hall–Kier alpha value is -3.79. The van der Waals surface area contributed by atoms with Gasteiger partial charge in [0.05, 0.1) is 23.9 Å². The van der Waals surface area contributed by atoms with Gasteiger partial charge in [0.15, 0.2) is 5.78 Å². The molecule has 0 amide bonds. The lowest BCUT2D eigenvalue weighted by Crippen LogP contribution is -2.24. The molecule has 128 valence electrons. The summed E-state index contributed by atoms with van der Waals surface area (Å²) in [7, 11) is 1.58. The van der Waals surface area contributed by atoms with Crippen LogP contribution in [0.1, 0.15) is 15.9 Å². The van der Waals surface area contributed by atoms with Crippen LogP contribution >= 0.6 is 0 Å². The number of hydrogen-bond acceptors (Lipinski definition) is 6. The van der Waals surface area contributed by atoms with Crippen LogP contribution in [0.5, 0.6) is 0 Å². The van der Waals surface area contributed by atoms with Gasteiger partial charge < -0.3 is 5.32 Å². The molecule has 1 N–H and O–H groups in total. The normalized spacial score (nSPS) is 10.2. The number of ketones is 1. The molecule has 7 nitrogen and oxygen atoms in total. The minimum Gasteiger partial charge on any atom is -0.348 e. The van der Waals surface area contributed by atoms with Gasteiger partial charge in [0, 0.05) is 36.6 Å². The van der Waals surface area contributed by atoms with Crippen molar-refractivity contribution >= 4 is 11.7 Å². The van der Waals surface area contributed by atoms with Gasteiger partial charge in [-0.3, -0.25) is 19.1 Å². The van der Waals surface area contributed by atoms with Gasteiger partial charge in [0.25, 0.3) is 5.56 Å². The molecule has 0 bridgehead atoms. The van der Waals surface area contributed by atoms with E-state index in [2.05, 4.69) is 15.3 Å². The Kier molecular flexibility index (Phi) is 4.85. The summed E-state index contributed by atoms with van der Waals surface area (Å²) >= 11 is 0. The zero-order valence-corrected chi connectivity index (χ0v) is 14.0. The third-order valence-corrected chi connectivity index (χ3v) is 3.85.